The van der Waals surface area contributed by atoms with Gasteiger partial charge in [0.1, 0.15) is 0 Å². The van der Waals surface area contributed by atoms with E-state index in [0.29, 0.717) is 16.8 Å². The molecule has 1 amide bonds. The number of Topliss-reactive ketones (excluding diaryl/α,β-unsaturated/α-hetero) is 1. The maximum Gasteiger partial charge on any atom is 0.261 e. The summed E-state index contributed by atoms with van der Waals surface area (Å²) in [7, 11) is 0. The molecule has 2 aromatic carbocycles. The molecule has 0 bridgehead atoms. The number of carbonyl (C=O) groups is 2. The summed E-state index contributed by atoms with van der Waals surface area (Å²) in [6, 6.07) is 16.0. The summed E-state index contributed by atoms with van der Waals surface area (Å²) >= 11 is 3.34. The SMILES string of the molecule is O=C(C[C@@]1(O)C(=O)Nc2ccc(Br)cc21)c1ccc(-n2cccc2)cc1. The van der Waals surface area contributed by atoms with Crippen LogP contribution in [0.15, 0.2) is 71.5 Å². The van der Waals surface area contributed by atoms with Crippen molar-refractivity contribution in [2.24, 2.45) is 0 Å². The van der Waals surface area contributed by atoms with Gasteiger partial charge in [0.05, 0.1) is 6.42 Å². The third-order valence-corrected chi connectivity index (χ3v) is 5.05. The summed E-state index contributed by atoms with van der Waals surface area (Å²) in [6.45, 7) is 0. The van der Waals surface area contributed by atoms with Crippen LogP contribution in [0.25, 0.3) is 5.69 Å². The molecule has 1 aliphatic heterocycles. The lowest BCUT2D eigenvalue weighted by Gasteiger charge is -2.20. The molecule has 5 nitrogen and oxygen atoms in total. The van der Waals surface area contributed by atoms with Gasteiger partial charge in [-0.15, -0.1) is 0 Å². The average molecular weight is 411 g/mol. The van der Waals surface area contributed by atoms with Gasteiger partial charge in [0.2, 0.25) is 0 Å². The highest BCUT2D eigenvalue weighted by Gasteiger charge is 2.46. The van der Waals surface area contributed by atoms with Crippen LogP contribution in [0.2, 0.25) is 0 Å². The number of aliphatic hydroxyl groups is 1. The van der Waals surface area contributed by atoms with E-state index in [9.17, 15) is 14.7 Å². The Morgan fingerprint density at radius 2 is 1.81 bits per heavy atom. The van der Waals surface area contributed by atoms with E-state index in [4.69, 9.17) is 0 Å². The molecule has 3 aromatic rings. The fourth-order valence-corrected chi connectivity index (χ4v) is 3.51. The molecule has 1 aromatic heterocycles. The van der Waals surface area contributed by atoms with E-state index in [-0.39, 0.29) is 12.2 Å². The minimum absolute atomic E-state index is 0.297. The topological polar surface area (TPSA) is 71.3 Å². The van der Waals surface area contributed by atoms with Crippen molar-refractivity contribution in [3.63, 3.8) is 0 Å². The van der Waals surface area contributed by atoms with Gasteiger partial charge in [0.25, 0.3) is 5.91 Å². The Bertz CT molecular complexity index is 996. The van der Waals surface area contributed by atoms with E-state index in [2.05, 4.69) is 21.2 Å². The second-order valence-corrected chi connectivity index (χ2v) is 7.16. The minimum atomic E-state index is -1.87. The van der Waals surface area contributed by atoms with Crippen molar-refractivity contribution in [2.45, 2.75) is 12.0 Å². The van der Waals surface area contributed by atoms with Crippen molar-refractivity contribution in [2.75, 3.05) is 5.32 Å². The molecule has 1 aliphatic rings. The number of fused-ring (bicyclic) bond motifs is 1. The molecule has 0 saturated heterocycles. The first kappa shape index (κ1) is 16.8. The molecular formula is C20H15BrN2O3. The van der Waals surface area contributed by atoms with Gasteiger partial charge < -0.3 is 15.0 Å². The van der Waals surface area contributed by atoms with E-state index in [1.54, 1.807) is 30.3 Å². The highest BCUT2D eigenvalue weighted by molar-refractivity contribution is 9.10. The van der Waals surface area contributed by atoms with Gasteiger partial charge in [-0.25, -0.2) is 0 Å². The van der Waals surface area contributed by atoms with E-state index in [1.165, 1.54) is 0 Å². The number of ketones is 1. The molecule has 1 atom stereocenters. The maximum atomic E-state index is 12.7. The summed E-state index contributed by atoms with van der Waals surface area (Å²) in [5, 5.41) is 13.5. The van der Waals surface area contributed by atoms with Crippen LogP contribution >= 0.6 is 15.9 Å². The first-order valence-corrected chi connectivity index (χ1v) is 8.87. The molecule has 26 heavy (non-hydrogen) atoms. The summed E-state index contributed by atoms with van der Waals surface area (Å²) in [5.41, 5.74) is 0.448. The normalized spacial score (nSPS) is 18.5. The predicted octanol–water partition coefficient (Wildman–Crippen LogP) is 3.65. The van der Waals surface area contributed by atoms with Crippen molar-refractivity contribution < 1.29 is 14.7 Å². The Balaban J connectivity index is 1.60. The first-order chi connectivity index (χ1) is 12.5. The number of hydrogen-bond donors (Lipinski definition) is 2. The summed E-state index contributed by atoms with van der Waals surface area (Å²) in [6.07, 6.45) is 3.51. The molecule has 4 rings (SSSR count). The number of nitrogens with zero attached hydrogens (tertiary/aromatic N) is 1. The van der Waals surface area contributed by atoms with Gasteiger partial charge in [-0.3, -0.25) is 9.59 Å². The lowest BCUT2D eigenvalue weighted by molar-refractivity contribution is -0.133. The molecule has 2 heterocycles. The Morgan fingerprint density at radius 3 is 2.50 bits per heavy atom. The smallest absolute Gasteiger partial charge is 0.261 e. The number of benzene rings is 2. The molecule has 0 unspecified atom stereocenters. The maximum absolute atomic E-state index is 12.7. The van der Waals surface area contributed by atoms with Crippen LogP contribution in [0.3, 0.4) is 0 Å². The Kier molecular flexibility index (Phi) is 4.01. The minimum Gasteiger partial charge on any atom is -0.375 e. The third kappa shape index (κ3) is 2.77. The Morgan fingerprint density at radius 1 is 1.12 bits per heavy atom. The number of hydrogen-bond acceptors (Lipinski definition) is 3. The van der Waals surface area contributed by atoms with Gasteiger partial charge in [0, 0.05) is 39.4 Å². The number of amides is 1. The Labute approximate surface area is 158 Å². The standard InChI is InChI=1S/C20H15BrN2O3/c21-14-5-8-17-16(11-14)20(26,19(25)22-17)12-18(24)13-3-6-15(7-4-13)23-9-1-2-10-23/h1-11,26H,12H2,(H,22,25)/t20-/m0/s1. The molecule has 0 spiro atoms. The average Bonchev–Trinajstić information content (AvgIpc) is 3.24. The number of anilines is 1. The van der Waals surface area contributed by atoms with Gasteiger partial charge in [-0.2, -0.15) is 0 Å². The zero-order valence-electron chi connectivity index (χ0n) is 13.6. The number of carbonyl (C=O) groups excluding carboxylic acids is 2. The van der Waals surface area contributed by atoms with E-state index < -0.39 is 11.5 Å². The summed E-state index contributed by atoms with van der Waals surface area (Å²) in [5.74, 6) is -0.877. The molecule has 6 heteroatoms. The fraction of sp³-hybridized carbons (Fsp3) is 0.100. The second kappa shape index (κ2) is 6.23. The molecule has 0 radical (unpaired) electrons. The number of nitrogens with one attached hydrogen (secondary N) is 1. The highest BCUT2D eigenvalue weighted by atomic mass is 79.9. The monoisotopic (exact) mass is 410 g/mol. The first-order valence-electron chi connectivity index (χ1n) is 8.08. The van der Waals surface area contributed by atoms with Gasteiger partial charge in [0.15, 0.2) is 11.4 Å². The molecular weight excluding hydrogens is 396 g/mol. The van der Waals surface area contributed by atoms with Crippen LogP contribution in [-0.2, 0) is 10.4 Å². The lowest BCUT2D eigenvalue weighted by Crippen LogP contribution is -2.36. The van der Waals surface area contributed by atoms with Crippen LogP contribution in [0, 0.1) is 0 Å². The summed E-state index contributed by atoms with van der Waals surface area (Å²) in [4.78, 5) is 25.0. The zero-order chi connectivity index (χ0) is 18.3. The van der Waals surface area contributed by atoms with Gasteiger partial charge >= 0.3 is 0 Å². The van der Waals surface area contributed by atoms with Crippen LogP contribution in [-0.4, -0.2) is 21.4 Å². The van der Waals surface area contributed by atoms with E-state index in [0.717, 1.165) is 10.2 Å². The van der Waals surface area contributed by atoms with E-state index in [1.807, 2.05) is 41.2 Å². The highest BCUT2D eigenvalue weighted by Crippen LogP contribution is 2.40. The number of rotatable bonds is 4. The number of aromatic nitrogens is 1. The molecule has 0 aliphatic carbocycles. The summed E-state index contributed by atoms with van der Waals surface area (Å²) < 4.78 is 2.66. The second-order valence-electron chi connectivity index (χ2n) is 6.24. The molecule has 0 saturated carbocycles. The quantitative estimate of drug-likeness (QED) is 0.644. The van der Waals surface area contributed by atoms with Crippen LogP contribution in [0.1, 0.15) is 22.3 Å². The van der Waals surface area contributed by atoms with Gasteiger partial charge in [-0.1, -0.05) is 15.9 Å². The van der Waals surface area contributed by atoms with Crippen molar-refractivity contribution in [1.29, 1.82) is 0 Å². The van der Waals surface area contributed by atoms with Gasteiger partial charge in [-0.05, 0) is 54.6 Å². The van der Waals surface area contributed by atoms with Crippen LogP contribution in [0.4, 0.5) is 5.69 Å². The predicted molar refractivity (Wildman–Crippen MR) is 101 cm³/mol. The number of halogens is 1. The zero-order valence-corrected chi connectivity index (χ0v) is 15.2. The van der Waals surface area contributed by atoms with E-state index >= 15 is 0 Å². The molecule has 130 valence electrons. The van der Waals surface area contributed by atoms with Crippen molar-refractivity contribution in [1.82, 2.24) is 4.57 Å². The Hall–Kier alpha value is -2.70. The largest absolute Gasteiger partial charge is 0.375 e. The lowest BCUT2D eigenvalue weighted by atomic mass is 9.88. The molecule has 0 fully saturated rings. The van der Waals surface area contributed by atoms with Crippen molar-refractivity contribution in [3.8, 4) is 5.69 Å². The van der Waals surface area contributed by atoms with Crippen molar-refractivity contribution >= 4 is 33.3 Å². The van der Waals surface area contributed by atoms with Crippen LogP contribution < -0.4 is 5.32 Å². The van der Waals surface area contributed by atoms with Crippen LogP contribution in [0.5, 0.6) is 0 Å². The third-order valence-electron chi connectivity index (χ3n) is 4.56. The molecule has 2 N–H and O–H groups in total. The fourth-order valence-electron chi connectivity index (χ4n) is 3.15. The van der Waals surface area contributed by atoms with Crippen molar-refractivity contribution in [3.05, 3.63) is 82.6 Å².